The van der Waals surface area contributed by atoms with E-state index >= 15 is 0 Å². The van der Waals surface area contributed by atoms with Crippen LogP contribution in [0.3, 0.4) is 0 Å². The summed E-state index contributed by atoms with van der Waals surface area (Å²) in [4.78, 5) is 2.92. The van der Waals surface area contributed by atoms with Gasteiger partial charge >= 0.3 is 0 Å². The van der Waals surface area contributed by atoms with Crippen LogP contribution >= 0.6 is 0 Å². The van der Waals surface area contributed by atoms with Crippen LogP contribution in [0, 0.1) is 0 Å². The highest BCUT2D eigenvalue weighted by atomic mass is 16.3. The summed E-state index contributed by atoms with van der Waals surface area (Å²) in [6, 6.07) is 1.96. The summed E-state index contributed by atoms with van der Waals surface area (Å²) in [6.07, 6.45) is 3.75. The van der Waals surface area contributed by atoms with E-state index in [2.05, 4.69) is 10.3 Å². The summed E-state index contributed by atoms with van der Waals surface area (Å²) >= 11 is 0. The van der Waals surface area contributed by atoms with Gasteiger partial charge in [-0.25, -0.2) is 0 Å². The fourth-order valence-corrected chi connectivity index (χ4v) is 0.669. The lowest BCUT2D eigenvalue weighted by Gasteiger charge is -1.94. The smallest absolute Gasteiger partial charge is 0.0934 e. The number of aromatic amines is 1. The molecule has 0 aliphatic heterocycles. The zero-order chi connectivity index (χ0) is 6.53. The van der Waals surface area contributed by atoms with Crippen LogP contribution in [0.15, 0.2) is 18.5 Å². The number of rotatable bonds is 3. The van der Waals surface area contributed by atoms with Gasteiger partial charge in [0.2, 0.25) is 0 Å². The molecule has 0 unspecified atom stereocenters. The fourth-order valence-electron chi connectivity index (χ4n) is 0.669. The minimum Gasteiger partial charge on any atom is -0.381 e. The molecule has 0 amide bonds. The first-order chi connectivity index (χ1) is 4.43. The molecule has 0 saturated carbocycles. The Bertz CT molecular complexity index is 148. The van der Waals surface area contributed by atoms with Crippen molar-refractivity contribution in [3.05, 3.63) is 24.0 Å². The molecule has 1 aromatic rings. The Hall–Kier alpha value is -0.800. The van der Waals surface area contributed by atoms with Crippen LogP contribution in [0.2, 0.25) is 0 Å². The quantitative estimate of drug-likeness (QED) is 0.501. The molecule has 0 fully saturated rings. The molecule has 0 aliphatic carbocycles. The molecule has 0 atom stereocenters. The van der Waals surface area contributed by atoms with Gasteiger partial charge in [-0.2, -0.15) is 0 Å². The fraction of sp³-hybridized carbons (Fsp3) is 0.333. The monoisotopic (exact) mass is 126 g/mol. The first-order valence-electron chi connectivity index (χ1n) is 2.86. The molecule has 50 valence electrons. The Labute approximate surface area is 53.7 Å². The molecule has 0 aliphatic rings. The van der Waals surface area contributed by atoms with Crippen molar-refractivity contribution in [3.63, 3.8) is 0 Å². The lowest BCUT2D eigenvalue weighted by atomic mass is 10.3. The standard InChI is InChI=1S/C6H10N2O/c9-5-8-4-6-1-2-7-3-6/h1-3,7-9H,4-5H2. The minimum atomic E-state index is 0.0329. The third-order valence-electron chi connectivity index (χ3n) is 1.10. The normalized spacial score (nSPS) is 9.89. The molecule has 1 aromatic heterocycles. The summed E-state index contributed by atoms with van der Waals surface area (Å²) in [5.41, 5.74) is 1.16. The highest BCUT2D eigenvalue weighted by Crippen LogP contribution is 1.93. The Morgan fingerprint density at radius 2 is 2.56 bits per heavy atom. The second kappa shape index (κ2) is 3.27. The first-order valence-corrected chi connectivity index (χ1v) is 2.86. The Morgan fingerprint density at radius 3 is 3.11 bits per heavy atom. The molecule has 3 heteroatoms. The molecule has 3 nitrogen and oxygen atoms in total. The summed E-state index contributed by atoms with van der Waals surface area (Å²) < 4.78 is 0. The molecule has 1 heterocycles. The average Bonchev–Trinajstić information content (AvgIpc) is 2.34. The molecule has 0 radical (unpaired) electrons. The van der Waals surface area contributed by atoms with E-state index in [1.165, 1.54) is 0 Å². The van der Waals surface area contributed by atoms with Crippen LogP contribution in [0.5, 0.6) is 0 Å². The predicted octanol–water partition coefficient (Wildman–Crippen LogP) is 0.0541. The van der Waals surface area contributed by atoms with Crippen LogP contribution in [0.1, 0.15) is 5.56 Å². The number of aliphatic hydroxyl groups excluding tert-OH is 1. The molecule has 0 aromatic carbocycles. The maximum atomic E-state index is 8.34. The zero-order valence-electron chi connectivity index (χ0n) is 5.09. The predicted molar refractivity (Wildman–Crippen MR) is 34.7 cm³/mol. The van der Waals surface area contributed by atoms with Crippen molar-refractivity contribution in [2.45, 2.75) is 6.54 Å². The van der Waals surface area contributed by atoms with E-state index in [1.54, 1.807) is 0 Å². The summed E-state index contributed by atoms with van der Waals surface area (Å²) in [6.45, 7) is 0.755. The highest BCUT2D eigenvalue weighted by molar-refractivity contribution is 5.07. The van der Waals surface area contributed by atoms with Crippen molar-refractivity contribution in [1.29, 1.82) is 0 Å². The van der Waals surface area contributed by atoms with E-state index < -0.39 is 0 Å². The van der Waals surface area contributed by atoms with Crippen molar-refractivity contribution in [1.82, 2.24) is 10.3 Å². The van der Waals surface area contributed by atoms with Crippen molar-refractivity contribution in [3.8, 4) is 0 Å². The van der Waals surface area contributed by atoms with Crippen LogP contribution in [0.25, 0.3) is 0 Å². The highest BCUT2D eigenvalue weighted by Gasteiger charge is 1.87. The van der Waals surface area contributed by atoms with Gasteiger partial charge in [0.15, 0.2) is 0 Å². The average molecular weight is 126 g/mol. The van der Waals surface area contributed by atoms with Crippen LogP contribution in [0.4, 0.5) is 0 Å². The van der Waals surface area contributed by atoms with Gasteiger partial charge in [-0.3, -0.25) is 5.32 Å². The molecule has 0 spiro atoms. The molecule has 0 bridgehead atoms. The van der Waals surface area contributed by atoms with E-state index in [1.807, 2.05) is 18.5 Å². The van der Waals surface area contributed by atoms with Crippen LogP contribution < -0.4 is 5.32 Å². The molecule has 3 N–H and O–H groups in total. The Morgan fingerprint density at radius 1 is 1.67 bits per heavy atom. The maximum Gasteiger partial charge on any atom is 0.0934 e. The second-order valence-corrected chi connectivity index (χ2v) is 1.80. The molecular formula is C6H10N2O. The number of H-pyrrole nitrogens is 1. The third-order valence-corrected chi connectivity index (χ3v) is 1.10. The maximum absolute atomic E-state index is 8.34. The van der Waals surface area contributed by atoms with Crippen molar-refractivity contribution < 1.29 is 5.11 Å². The van der Waals surface area contributed by atoms with Gasteiger partial charge in [0.25, 0.3) is 0 Å². The van der Waals surface area contributed by atoms with Crippen molar-refractivity contribution in [2.75, 3.05) is 6.73 Å². The topological polar surface area (TPSA) is 48.0 Å². The summed E-state index contributed by atoms with van der Waals surface area (Å²) in [5.74, 6) is 0. The van der Waals surface area contributed by atoms with Gasteiger partial charge in [-0.15, -0.1) is 0 Å². The number of hydrogen-bond acceptors (Lipinski definition) is 2. The zero-order valence-corrected chi connectivity index (χ0v) is 5.09. The van der Waals surface area contributed by atoms with E-state index in [9.17, 15) is 0 Å². The van der Waals surface area contributed by atoms with Gasteiger partial charge in [-0.05, 0) is 11.6 Å². The number of aromatic nitrogens is 1. The lowest BCUT2D eigenvalue weighted by Crippen LogP contribution is -2.12. The van der Waals surface area contributed by atoms with Gasteiger partial charge in [0, 0.05) is 18.9 Å². The summed E-state index contributed by atoms with van der Waals surface area (Å²) in [5, 5.41) is 11.1. The van der Waals surface area contributed by atoms with Crippen molar-refractivity contribution >= 4 is 0 Å². The molecule has 0 saturated heterocycles. The van der Waals surface area contributed by atoms with E-state index in [4.69, 9.17) is 5.11 Å². The number of nitrogens with one attached hydrogen (secondary N) is 2. The van der Waals surface area contributed by atoms with E-state index in [-0.39, 0.29) is 6.73 Å². The second-order valence-electron chi connectivity index (χ2n) is 1.80. The Balaban J connectivity index is 2.30. The number of aliphatic hydroxyl groups is 1. The third kappa shape index (κ3) is 1.87. The molecule has 9 heavy (non-hydrogen) atoms. The van der Waals surface area contributed by atoms with E-state index in [0.717, 1.165) is 12.1 Å². The summed E-state index contributed by atoms with van der Waals surface area (Å²) in [7, 11) is 0. The van der Waals surface area contributed by atoms with Gasteiger partial charge < -0.3 is 10.1 Å². The number of hydrogen-bond donors (Lipinski definition) is 3. The lowest BCUT2D eigenvalue weighted by molar-refractivity contribution is 0.259. The minimum absolute atomic E-state index is 0.0329. The Kier molecular flexibility index (Phi) is 2.30. The largest absolute Gasteiger partial charge is 0.381 e. The first kappa shape index (κ1) is 6.32. The van der Waals surface area contributed by atoms with Gasteiger partial charge in [0.05, 0.1) is 6.73 Å². The SMILES string of the molecule is OCNCc1cc[nH]c1. The van der Waals surface area contributed by atoms with Crippen LogP contribution in [-0.2, 0) is 6.54 Å². The van der Waals surface area contributed by atoms with Crippen molar-refractivity contribution in [2.24, 2.45) is 0 Å². The van der Waals surface area contributed by atoms with Gasteiger partial charge in [-0.1, -0.05) is 0 Å². The van der Waals surface area contributed by atoms with E-state index in [0.29, 0.717) is 0 Å². The van der Waals surface area contributed by atoms with Gasteiger partial charge in [0.1, 0.15) is 0 Å². The van der Waals surface area contributed by atoms with Crippen LogP contribution in [-0.4, -0.2) is 16.8 Å². The molecule has 1 rings (SSSR count). The molecular weight excluding hydrogens is 116 g/mol.